The van der Waals surface area contributed by atoms with Gasteiger partial charge in [0.05, 0.1) is 18.2 Å². The highest BCUT2D eigenvalue weighted by Crippen LogP contribution is 2.27. The van der Waals surface area contributed by atoms with Crippen LogP contribution in [0.4, 0.5) is 0 Å². The summed E-state index contributed by atoms with van der Waals surface area (Å²) >= 11 is 6.40. The second kappa shape index (κ2) is 9.55. The van der Waals surface area contributed by atoms with Gasteiger partial charge in [-0.3, -0.25) is 14.6 Å². The average Bonchev–Trinajstić information content (AvgIpc) is 3.04. The van der Waals surface area contributed by atoms with Crippen LogP contribution in [0.2, 0.25) is 5.02 Å². The van der Waals surface area contributed by atoms with Gasteiger partial charge in [-0.25, -0.2) is 0 Å². The van der Waals surface area contributed by atoms with E-state index in [2.05, 4.69) is 15.9 Å². The van der Waals surface area contributed by atoms with E-state index in [1.165, 1.54) is 0 Å². The third-order valence-corrected chi connectivity index (χ3v) is 5.33. The molecule has 1 aromatic carbocycles. The summed E-state index contributed by atoms with van der Waals surface area (Å²) in [6, 6.07) is 6.00. The fourth-order valence-corrected chi connectivity index (χ4v) is 3.89. The minimum atomic E-state index is -0.210. The van der Waals surface area contributed by atoms with Gasteiger partial charge >= 0.3 is 0 Å². The molecule has 0 aliphatic carbocycles. The number of carbonyl (C=O) groups excluding carboxylic acids is 1. The van der Waals surface area contributed by atoms with E-state index in [0.29, 0.717) is 24.0 Å². The number of ether oxygens (including phenoxy) is 2. The number of morpholine rings is 1. The molecule has 0 saturated carbocycles. The van der Waals surface area contributed by atoms with Crippen molar-refractivity contribution < 1.29 is 14.3 Å². The first kappa shape index (κ1) is 19.4. The standard InChI is InChI=1S/C19H28ClN3O3/c20-17-11-15(13-23-4-3-16(14-23)12-19(21)24)1-2-18(17)26-10-7-22-5-8-25-9-6-22/h1-2,11,16H,3-10,12-14H2,(H2,21,24). The van der Waals surface area contributed by atoms with Crippen molar-refractivity contribution in [2.45, 2.75) is 19.4 Å². The Kier molecular flexibility index (Phi) is 7.14. The Morgan fingerprint density at radius 3 is 2.81 bits per heavy atom. The zero-order chi connectivity index (χ0) is 18.4. The van der Waals surface area contributed by atoms with Crippen LogP contribution in [0, 0.1) is 5.92 Å². The number of likely N-dealkylation sites (tertiary alicyclic amines) is 1. The van der Waals surface area contributed by atoms with E-state index in [4.69, 9.17) is 26.8 Å². The van der Waals surface area contributed by atoms with Crippen LogP contribution in [0.5, 0.6) is 5.75 Å². The normalized spacial score (nSPS) is 21.8. The molecular formula is C19H28ClN3O3. The van der Waals surface area contributed by atoms with E-state index in [1.54, 1.807) is 0 Å². The summed E-state index contributed by atoms with van der Waals surface area (Å²) in [5, 5.41) is 0.650. The van der Waals surface area contributed by atoms with Crippen molar-refractivity contribution in [1.82, 2.24) is 9.80 Å². The van der Waals surface area contributed by atoms with Gasteiger partial charge < -0.3 is 15.2 Å². The molecule has 0 radical (unpaired) electrons. The lowest BCUT2D eigenvalue weighted by Gasteiger charge is -2.26. The third-order valence-electron chi connectivity index (χ3n) is 5.03. The monoisotopic (exact) mass is 381 g/mol. The summed E-state index contributed by atoms with van der Waals surface area (Å²) in [6.07, 6.45) is 1.51. The summed E-state index contributed by atoms with van der Waals surface area (Å²) < 4.78 is 11.2. The van der Waals surface area contributed by atoms with Crippen molar-refractivity contribution >= 4 is 17.5 Å². The molecular weight excluding hydrogens is 354 g/mol. The minimum absolute atomic E-state index is 0.210. The van der Waals surface area contributed by atoms with Crippen LogP contribution in [0.15, 0.2) is 18.2 Å². The third kappa shape index (κ3) is 5.84. The fourth-order valence-electron chi connectivity index (χ4n) is 3.64. The second-order valence-corrected chi connectivity index (χ2v) is 7.53. The van der Waals surface area contributed by atoms with Gasteiger partial charge in [0, 0.05) is 39.1 Å². The Morgan fingerprint density at radius 1 is 1.27 bits per heavy atom. The molecule has 0 aromatic heterocycles. The number of primary amides is 1. The maximum Gasteiger partial charge on any atom is 0.217 e. The first-order valence-electron chi connectivity index (χ1n) is 9.32. The first-order chi connectivity index (χ1) is 12.6. The number of rotatable bonds is 8. The van der Waals surface area contributed by atoms with Gasteiger partial charge in [0.15, 0.2) is 0 Å². The molecule has 1 unspecified atom stereocenters. The van der Waals surface area contributed by atoms with Crippen LogP contribution < -0.4 is 10.5 Å². The summed E-state index contributed by atoms with van der Waals surface area (Å²) in [6.45, 7) is 7.77. The quantitative estimate of drug-likeness (QED) is 0.743. The summed E-state index contributed by atoms with van der Waals surface area (Å²) in [5.74, 6) is 0.904. The van der Waals surface area contributed by atoms with Gasteiger partial charge in [-0.1, -0.05) is 17.7 Å². The van der Waals surface area contributed by atoms with E-state index in [1.807, 2.05) is 12.1 Å². The first-order valence-corrected chi connectivity index (χ1v) is 9.70. The smallest absolute Gasteiger partial charge is 0.217 e. The van der Waals surface area contributed by atoms with Crippen LogP contribution in [-0.2, 0) is 16.1 Å². The molecule has 2 fully saturated rings. The van der Waals surface area contributed by atoms with Gasteiger partial charge in [-0.05, 0) is 36.6 Å². The molecule has 1 aromatic rings. The molecule has 2 saturated heterocycles. The molecule has 2 aliphatic heterocycles. The van der Waals surface area contributed by atoms with Crippen LogP contribution in [0.1, 0.15) is 18.4 Å². The highest BCUT2D eigenvalue weighted by Gasteiger charge is 2.23. The molecule has 2 heterocycles. The zero-order valence-electron chi connectivity index (χ0n) is 15.2. The predicted octanol–water partition coefficient (Wildman–Crippen LogP) is 1.75. The Balaban J connectivity index is 1.44. The zero-order valence-corrected chi connectivity index (χ0v) is 15.9. The molecule has 7 heteroatoms. The molecule has 26 heavy (non-hydrogen) atoms. The lowest BCUT2D eigenvalue weighted by Crippen LogP contribution is -2.38. The molecule has 2 aliphatic rings. The van der Waals surface area contributed by atoms with Crippen LogP contribution in [0.25, 0.3) is 0 Å². The Hall–Kier alpha value is -1.34. The SMILES string of the molecule is NC(=O)CC1CCN(Cc2ccc(OCCN3CCOCC3)c(Cl)c2)C1. The molecule has 144 valence electrons. The number of hydrogen-bond donors (Lipinski definition) is 1. The lowest BCUT2D eigenvalue weighted by molar-refractivity contribution is -0.118. The Bertz CT molecular complexity index is 608. The van der Waals surface area contributed by atoms with Crippen molar-refractivity contribution in [1.29, 1.82) is 0 Å². The number of hydrogen-bond acceptors (Lipinski definition) is 5. The van der Waals surface area contributed by atoms with E-state index in [0.717, 1.165) is 70.2 Å². The van der Waals surface area contributed by atoms with E-state index in [9.17, 15) is 4.79 Å². The van der Waals surface area contributed by atoms with E-state index >= 15 is 0 Å². The van der Waals surface area contributed by atoms with Crippen molar-refractivity contribution in [3.8, 4) is 5.75 Å². The largest absolute Gasteiger partial charge is 0.491 e. The molecule has 0 spiro atoms. The van der Waals surface area contributed by atoms with Crippen LogP contribution >= 0.6 is 11.6 Å². The maximum atomic E-state index is 11.1. The lowest BCUT2D eigenvalue weighted by atomic mass is 10.1. The van der Waals surface area contributed by atoms with Crippen molar-refractivity contribution in [2.24, 2.45) is 11.7 Å². The van der Waals surface area contributed by atoms with Crippen molar-refractivity contribution in [3.63, 3.8) is 0 Å². The predicted molar refractivity (Wildman–Crippen MR) is 101 cm³/mol. The number of halogens is 1. The minimum Gasteiger partial charge on any atom is -0.491 e. The van der Waals surface area contributed by atoms with Gasteiger partial charge in [-0.2, -0.15) is 0 Å². The van der Waals surface area contributed by atoms with Gasteiger partial charge in [0.25, 0.3) is 0 Å². The van der Waals surface area contributed by atoms with Gasteiger partial charge in [0.1, 0.15) is 12.4 Å². The summed E-state index contributed by atoms with van der Waals surface area (Å²) in [4.78, 5) is 15.7. The van der Waals surface area contributed by atoms with E-state index in [-0.39, 0.29) is 5.91 Å². The number of benzene rings is 1. The topological polar surface area (TPSA) is 68.0 Å². The molecule has 1 atom stereocenters. The highest BCUT2D eigenvalue weighted by atomic mass is 35.5. The summed E-state index contributed by atoms with van der Waals surface area (Å²) in [7, 11) is 0. The highest BCUT2D eigenvalue weighted by molar-refractivity contribution is 6.32. The fraction of sp³-hybridized carbons (Fsp3) is 0.632. The van der Waals surface area contributed by atoms with Gasteiger partial charge in [0.2, 0.25) is 5.91 Å². The molecule has 2 N–H and O–H groups in total. The van der Waals surface area contributed by atoms with Crippen molar-refractivity contribution in [2.75, 3.05) is 52.5 Å². The Labute approximate surface area is 160 Å². The average molecular weight is 382 g/mol. The van der Waals surface area contributed by atoms with Crippen LogP contribution in [0.3, 0.4) is 0 Å². The van der Waals surface area contributed by atoms with Crippen molar-refractivity contribution in [3.05, 3.63) is 28.8 Å². The number of amides is 1. The number of nitrogens with two attached hydrogens (primary N) is 1. The van der Waals surface area contributed by atoms with Crippen LogP contribution in [-0.4, -0.2) is 68.3 Å². The second-order valence-electron chi connectivity index (χ2n) is 7.13. The maximum absolute atomic E-state index is 11.1. The van der Waals surface area contributed by atoms with Gasteiger partial charge in [-0.15, -0.1) is 0 Å². The molecule has 1 amide bonds. The molecule has 6 nitrogen and oxygen atoms in total. The molecule has 0 bridgehead atoms. The number of nitrogens with zero attached hydrogens (tertiary/aromatic N) is 2. The van der Waals surface area contributed by atoms with E-state index < -0.39 is 0 Å². The summed E-state index contributed by atoms with van der Waals surface area (Å²) in [5.41, 5.74) is 6.46. The molecule has 3 rings (SSSR count). The number of carbonyl (C=O) groups is 1. The Morgan fingerprint density at radius 2 is 2.08 bits per heavy atom.